The second-order valence-corrected chi connectivity index (χ2v) is 6.80. The van der Waals surface area contributed by atoms with E-state index in [1.54, 1.807) is 19.4 Å². The van der Waals surface area contributed by atoms with Crippen molar-refractivity contribution in [2.45, 2.75) is 25.4 Å². The lowest BCUT2D eigenvalue weighted by atomic mass is 10.2. The molecule has 3 aromatic rings. The molecule has 1 aromatic carbocycles. The summed E-state index contributed by atoms with van der Waals surface area (Å²) in [5.74, 6) is 1.77. The van der Waals surface area contributed by atoms with Gasteiger partial charge in [0, 0.05) is 31.5 Å². The van der Waals surface area contributed by atoms with Crippen molar-refractivity contribution >= 4 is 0 Å². The minimum absolute atomic E-state index is 0.158. The Hall–Kier alpha value is -2.77. The molecule has 0 spiro atoms. The van der Waals surface area contributed by atoms with Gasteiger partial charge in [0.05, 0.1) is 12.6 Å². The lowest BCUT2D eigenvalue weighted by Gasteiger charge is -2.21. The molecule has 4 rings (SSSR count). The van der Waals surface area contributed by atoms with Crippen LogP contribution in [0, 0.1) is 0 Å². The molecular weight excluding hydrogens is 356 g/mol. The molecule has 28 heavy (non-hydrogen) atoms. The van der Waals surface area contributed by atoms with Crippen LogP contribution in [-0.4, -0.2) is 46.9 Å². The van der Waals surface area contributed by atoms with E-state index in [1.165, 1.54) is 5.56 Å². The molecule has 0 bridgehead atoms. The first-order valence-corrected chi connectivity index (χ1v) is 9.53. The highest BCUT2D eigenvalue weighted by Gasteiger charge is 2.30. The zero-order valence-corrected chi connectivity index (χ0v) is 16.0. The minimum Gasteiger partial charge on any atom is -0.475 e. The van der Waals surface area contributed by atoms with Gasteiger partial charge in [-0.25, -0.2) is 4.98 Å². The van der Waals surface area contributed by atoms with Gasteiger partial charge in [-0.2, -0.15) is 4.98 Å². The lowest BCUT2D eigenvalue weighted by molar-refractivity contribution is 0.144. The largest absolute Gasteiger partial charge is 0.475 e. The van der Waals surface area contributed by atoms with E-state index in [-0.39, 0.29) is 6.04 Å². The van der Waals surface area contributed by atoms with E-state index < -0.39 is 0 Å². The van der Waals surface area contributed by atoms with Crippen LogP contribution in [0.15, 0.2) is 53.2 Å². The van der Waals surface area contributed by atoms with Crippen LogP contribution in [0.25, 0.3) is 11.4 Å². The number of hydrogen-bond acceptors (Lipinski definition) is 7. The molecule has 1 unspecified atom stereocenters. The molecule has 7 heteroatoms. The highest BCUT2D eigenvalue weighted by atomic mass is 16.5. The van der Waals surface area contributed by atoms with Crippen molar-refractivity contribution in [3.63, 3.8) is 0 Å². The predicted octanol–water partition coefficient (Wildman–Crippen LogP) is 3.49. The van der Waals surface area contributed by atoms with Crippen LogP contribution < -0.4 is 4.74 Å². The Balaban J connectivity index is 1.43. The molecule has 1 saturated heterocycles. The van der Waals surface area contributed by atoms with Gasteiger partial charge in [0.25, 0.3) is 0 Å². The summed E-state index contributed by atoms with van der Waals surface area (Å²) >= 11 is 0. The molecule has 0 amide bonds. The first kappa shape index (κ1) is 18.6. The molecule has 1 fully saturated rings. The number of benzene rings is 1. The van der Waals surface area contributed by atoms with E-state index in [2.05, 4.69) is 44.3 Å². The van der Waals surface area contributed by atoms with Crippen molar-refractivity contribution in [3.05, 3.63) is 60.1 Å². The van der Waals surface area contributed by atoms with Gasteiger partial charge in [-0.3, -0.25) is 4.90 Å². The number of rotatable bonds is 8. The summed E-state index contributed by atoms with van der Waals surface area (Å²) in [6.07, 6.45) is 3.86. The number of hydrogen-bond donors (Lipinski definition) is 0. The molecule has 0 radical (unpaired) electrons. The Morgan fingerprint density at radius 3 is 2.82 bits per heavy atom. The van der Waals surface area contributed by atoms with Crippen molar-refractivity contribution in [1.82, 2.24) is 20.0 Å². The maximum Gasteiger partial charge on any atom is 0.244 e. The van der Waals surface area contributed by atoms with Gasteiger partial charge in [0.2, 0.25) is 17.6 Å². The number of nitrogens with zero attached hydrogens (tertiary/aromatic N) is 4. The van der Waals surface area contributed by atoms with Crippen molar-refractivity contribution in [2.75, 3.05) is 26.9 Å². The fraction of sp³-hybridized carbons (Fsp3) is 0.381. The summed E-state index contributed by atoms with van der Waals surface area (Å²) in [5, 5.41) is 4.16. The van der Waals surface area contributed by atoms with Crippen LogP contribution in [-0.2, 0) is 11.3 Å². The first-order valence-electron chi connectivity index (χ1n) is 9.53. The Morgan fingerprint density at radius 1 is 1.14 bits per heavy atom. The van der Waals surface area contributed by atoms with Gasteiger partial charge in [-0.15, -0.1) is 0 Å². The molecule has 1 atom stereocenters. The van der Waals surface area contributed by atoms with Gasteiger partial charge < -0.3 is 14.0 Å². The molecule has 7 nitrogen and oxygen atoms in total. The van der Waals surface area contributed by atoms with Crippen LogP contribution in [0.1, 0.15) is 30.3 Å². The van der Waals surface area contributed by atoms with E-state index in [1.807, 2.05) is 12.1 Å². The zero-order valence-electron chi connectivity index (χ0n) is 16.0. The molecule has 1 aliphatic rings. The summed E-state index contributed by atoms with van der Waals surface area (Å²) in [4.78, 5) is 11.3. The maximum absolute atomic E-state index is 5.60. The summed E-state index contributed by atoms with van der Waals surface area (Å²) in [6, 6.07) is 14.3. The third-order valence-corrected chi connectivity index (χ3v) is 4.85. The smallest absolute Gasteiger partial charge is 0.244 e. The molecule has 1 aliphatic heterocycles. The first-order chi connectivity index (χ1) is 13.8. The predicted molar refractivity (Wildman–Crippen MR) is 104 cm³/mol. The fourth-order valence-corrected chi connectivity index (χ4v) is 3.43. The Kier molecular flexibility index (Phi) is 5.94. The van der Waals surface area contributed by atoms with E-state index in [9.17, 15) is 0 Å². The number of methoxy groups -OCH3 is 1. The third kappa shape index (κ3) is 4.37. The maximum atomic E-state index is 5.60. The second-order valence-electron chi connectivity index (χ2n) is 6.80. The minimum atomic E-state index is 0.158. The van der Waals surface area contributed by atoms with Gasteiger partial charge in [0.1, 0.15) is 6.61 Å². The third-order valence-electron chi connectivity index (χ3n) is 4.85. The average Bonchev–Trinajstić information content (AvgIpc) is 3.39. The van der Waals surface area contributed by atoms with E-state index in [4.69, 9.17) is 14.0 Å². The van der Waals surface area contributed by atoms with Gasteiger partial charge in [-0.05, 0) is 31.0 Å². The van der Waals surface area contributed by atoms with E-state index in [0.29, 0.717) is 30.8 Å². The van der Waals surface area contributed by atoms with Gasteiger partial charge in [-0.1, -0.05) is 35.5 Å². The summed E-state index contributed by atoms with van der Waals surface area (Å²) in [6.45, 7) is 2.91. The average molecular weight is 380 g/mol. The normalized spacial score (nSPS) is 17.1. The Bertz CT molecular complexity index is 867. The van der Waals surface area contributed by atoms with Crippen molar-refractivity contribution in [2.24, 2.45) is 0 Å². The Morgan fingerprint density at radius 2 is 2.04 bits per heavy atom. The molecule has 0 saturated carbocycles. The molecule has 3 heterocycles. The quantitative estimate of drug-likeness (QED) is 0.554. The molecule has 0 N–H and O–H groups in total. The van der Waals surface area contributed by atoms with Crippen LogP contribution in [0.5, 0.6) is 5.88 Å². The highest BCUT2D eigenvalue weighted by Crippen LogP contribution is 2.33. The van der Waals surface area contributed by atoms with Gasteiger partial charge >= 0.3 is 0 Å². The molecule has 2 aromatic heterocycles. The van der Waals surface area contributed by atoms with Crippen LogP contribution in [0.2, 0.25) is 0 Å². The SMILES string of the molecule is COCCOc1ccc(-c2noc(C3CCCN3Cc3ccccc3)n2)cn1. The highest BCUT2D eigenvalue weighted by molar-refractivity contribution is 5.53. The topological polar surface area (TPSA) is 73.5 Å². The summed E-state index contributed by atoms with van der Waals surface area (Å²) in [7, 11) is 1.64. The lowest BCUT2D eigenvalue weighted by Crippen LogP contribution is -2.22. The van der Waals surface area contributed by atoms with Crippen molar-refractivity contribution < 1.29 is 14.0 Å². The van der Waals surface area contributed by atoms with E-state index in [0.717, 1.165) is 31.5 Å². The number of likely N-dealkylation sites (tertiary alicyclic amines) is 1. The van der Waals surface area contributed by atoms with Crippen LogP contribution in [0.3, 0.4) is 0 Å². The number of aromatic nitrogens is 3. The zero-order chi connectivity index (χ0) is 19.2. The number of pyridine rings is 1. The van der Waals surface area contributed by atoms with Crippen molar-refractivity contribution in [3.8, 4) is 17.3 Å². The Labute approximate surface area is 164 Å². The van der Waals surface area contributed by atoms with Crippen molar-refractivity contribution in [1.29, 1.82) is 0 Å². The molecule has 0 aliphatic carbocycles. The molecule has 146 valence electrons. The fourth-order valence-electron chi connectivity index (χ4n) is 3.43. The standard InChI is InChI=1S/C21H24N4O3/c1-26-12-13-27-19-10-9-17(14-22-19)20-23-21(28-24-20)18-8-5-11-25(18)15-16-6-3-2-4-7-16/h2-4,6-7,9-10,14,18H,5,8,11-13,15H2,1H3. The van der Waals surface area contributed by atoms with Gasteiger partial charge in [0.15, 0.2) is 0 Å². The summed E-state index contributed by atoms with van der Waals surface area (Å²) in [5.41, 5.74) is 2.10. The van der Waals surface area contributed by atoms with Crippen LogP contribution in [0.4, 0.5) is 0 Å². The summed E-state index contributed by atoms with van der Waals surface area (Å²) < 4.78 is 16.1. The monoisotopic (exact) mass is 380 g/mol. The molecular formula is C21H24N4O3. The number of ether oxygens (including phenoxy) is 2. The second kappa shape index (κ2) is 8.95. The van der Waals surface area contributed by atoms with Crippen LogP contribution >= 0.6 is 0 Å². The van der Waals surface area contributed by atoms with E-state index >= 15 is 0 Å².